The summed E-state index contributed by atoms with van der Waals surface area (Å²) in [7, 11) is 0. The Bertz CT molecular complexity index is 614. The van der Waals surface area contributed by atoms with Crippen molar-refractivity contribution in [3.8, 4) is 11.1 Å². The van der Waals surface area contributed by atoms with Gasteiger partial charge in [0.25, 0.3) is 0 Å². The number of hydrogen-bond donors (Lipinski definition) is 0. The van der Waals surface area contributed by atoms with Crippen molar-refractivity contribution in [3.05, 3.63) is 57.0 Å². The summed E-state index contributed by atoms with van der Waals surface area (Å²) in [6.07, 6.45) is 0. The van der Waals surface area contributed by atoms with E-state index in [-0.39, 0.29) is 5.41 Å². The lowest BCUT2D eigenvalue weighted by molar-refractivity contribution is 0.660. The Balaban J connectivity index is 2.44. The minimum atomic E-state index is 0.0271. The fourth-order valence-corrected chi connectivity index (χ4v) is 3.64. The topological polar surface area (TPSA) is 0 Å². The van der Waals surface area contributed by atoms with Gasteiger partial charge in [-0.1, -0.05) is 65.6 Å². The second-order valence-corrected chi connectivity index (χ2v) is 6.30. The molecule has 0 nitrogen and oxygen atoms in total. The van der Waals surface area contributed by atoms with Crippen LogP contribution in [0.25, 0.3) is 11.1 Å². The van der Waals surface area contributed by atoms with Gasteiger partial charge in [0, 0.05) is 20.5 Å². The molecule has 0 amide bonds. The van der Waals surface area contributed by atoms with Crippen LogP contribution in [0, 0.1) is 0 Å². The van der Waals surface area contributed by atoms with Crippen LogP contribution in [0.1, 0.15) is 25.0 Å². The molecule has 0 radical (unpaired) electrons. The predicted octanol–water partition coefficient (Wildman–Crippen LogP) is 5.41. The van der Waals surface area contributed by atoms with E-state index in [0.29, 0.717) is 0 Å². The lowest BCUT2D eigenvalue weighted by Gasteiger charge is -2.21. The molecule has 0 spiro atoms. The van der Waals surface area contributed by atoms with E-state index in [4.69, 9.17) is 11.6 Å². The van der Waals surface area contributed by atoms with Crippen molar-refractivity contribution in [2.24, 2.45) is 0 Å². The third-order valence-corrected chi connectivity index (χ3v) is 4.35. The van der Waals surface area contributed by atoms with Gasteiger partial charge in [-0.2, -0.15) is 0 Å². The molecule has 0 saturated carbocycles. The van der Waals surface area contributed by atoms with Crippen LogP contribution in [-0.2, 0) is 5.41 Å². The highest BCUT2D eigenvalue weighted by Gasteiger charge is 2.36. The molecule has 0 saturated heterocycles. The normalized spacial score (nSPS) is 15.5. The van der Waals surface area contributed by atoms with Gasteiger partial charge in [0.2, 0.25) is 0 Å². The van der Waals surface area contributed by atoms with Crippen molar-refractivity contribution >= 4 is 27.5 Å². The lowest BCUT2D eigenvalue weighted by Crippen LogP contribution is -2.14. The van der Waals surface area contributed by atoms with Gasteiger partial charge >= 0.3 is 0 Å². The molecule has 1 aliphatic carbocycles. The maximum Gasteiger partial charge on any atom is 0.0498 e. The van der Waals surface area contributed by atoms with Crippen molar-refractivity contribution in [1.29, 1.82) is 0 Å². The third kappa shape index (κ3) is 1.49. The van der Waals surface area contributed by atoms with Crippen LogP contribution in [0.15, 0.2) is 40.9 Å². The van der Waals surface area contributed by atoms with Crippen LogP contribution in [0.3, 0.4) is 0 Å². The van der Waals surface area contributed by atoms with E-state index in [9.17, 15) is 0 Å². The molecule has 0 fully saturated rings. The van der Waals surface area contributed by atoms with Gasteiger partial charge in [-0.15, -0.1) is 0 Å². The van der Waals surface area contributed by atoms with Crippen molar-refractivity contribution in [2.45, 2.75) is 19.3 Å². The SMILES string of the molecule is CC1(C)c2ccccc2-c2c(Cl)cc(Br)cc21. The highest BCUT2D eigenvalue weighted by molar-refractivity contribution is 9.10. The molecule has 1 aliphatic rings. The number of benzene rings is 2. The average molecular weight is 308 g/mol. The van der Waals surface area contributed by atoms with Gasteiger partial charge in [-0.05, 0) is 28.8 Å². The highest BCUT2D eigenvalue weighted by Crippen LogP contribution is 2.51. The average Bonchev–Trinajstić information content (AvgIpc) is 2.49. The molecule has 86 valence electrons. The second kappa shape index (κ2) is 3.60. The van der Waals surface area contributed by atoms with E-state index in [0.717, 1.165) is 9.50 Å². The van der Waals surface area contributed by atoms with Crippen LogP contribution in [0.4, 0.5) is 0 Å². The fourth-order valence-electron chi connectivity index (χ4n) is 2.73. The van der Waals surface area contributed by atoms with Crippen LogP contribution in [0.5, 0.6) is 0 Å². The standard InChI is InChI=1S/C15H12BrCl/c1-15(2)11-6-4-3-5-10(11)14-12(15)7-9(16)8-13(14)17/h3-8H,1-2H3. The summed E-state index contributed by atoms with van der Waals surface area (Å²) in [6, 6.07) is 12.7. The predicted molar refractivity (Wildman–Crippen MR) is 76.7 cm³/mol. The first-order valence-electron chi connectivity index (χ1n) is 5.61. The molecule has 0 aromatic heterocycles. The summed E-state index contributed by atoms with van der Waals surface area (Å²) in [4.78, 5) is 0. The first-order valence-corrected chi connectivity index (χ1v) is 6.78. The molecule has 2 aromatic rings. The molecule has 0 unspecified atom stereocenters. The number of rotatable bonds is 0. The second-order valence-electron chi connectivity index (χ2n) is 4.98. The zero-order chi connectivity index (χ0) is 12.2. The van der Waals surface area contributed by atoms with Crippen molar-refractivity contribution < 1.29 is 0 Å². The summed E-state index contributed by atoms with van der Waals surface area (Å²) >= 11 is 9.93. The summed E-state index contributed by atoms with van der Waals surface area (Å²) in [5.41, 5.74) is 5.15. The Morgan fingerprint density at radius 1 is 1.06 bits per heavy atom. The minimum absolute atomic E-state index is 0.0271. The molecule has 17 heavy (non-hydrogen) atoms. The van der Waals surface area contributed by atoms with Gasteiger partial charge < -0.3 is 0 Å². The Morgan fingerprint density at radius 2 is 1.76 bits per heavy atom. The van der Waals surface area contributed by atoms with E-state index in [1.54, 1.807) is 0 Å². The third-order valence-electron chi connectivity index (χ3n) is 3.60. The van der Waals surface area contributed by atoms with Crippen molar-refractivity contribution in [2.75, 3.05) is 0 Å². The van der Waals surface area contributed by atoms with Gasteiger partial charge in [-0.3, -0.25) is 0 Å². The highest BCUT2D eigenvalue weighted by atomic mass is 79.9. The maximum absolute atomic E-state index is 6.40. The largest absolute Gasteiger partial charge is 0.0836 e. The van der Waals surface area contributed by atoms with Crippen LogP contribution < -0.4 is 0 Å². The molecular weight excluding hydrogens is 296 g/mol. The number of hydrogen-bond acceptors (Lipinski definition) is 0. The summed E-state index contributed by atoms with van der Waals surface area (Å²) in [5, 5.41) is 0.826. The Hall–Kier alpha value is -0.790. The zero-order valence-corrected chi connectivity index (χ0v) is 12.1. The molecule has 3 rings (SSSR count). The Labute approximate surface area is 115 Å². The molecule has 0 aliphatic heterocycles. The summed E-state index contributed by atoms with van der Waals surface area (Å²) in [5.74, 6) is 0. The molecule has 0 bridgehead atoms. The molecule has 2 aromatic carbocycles. The first kappa shape index (κ1) is 11.3. The molecule has 2 heteroatoms. The monoisotopic (exact) mass is 306 g/mol. The van der Waals surface area contributed by atoms with Crippen LogP contribution in [-0.4, -0.2) is 0 Å². The van der Waals surface area contributed by atoms with E-state index >= 15 is 0 Å². The Morgan fingerprint density at radius 3 is 2.53 bits per heavy atom. The van der Waals surface area contributed by atoms with E-state index in [1.807, 2.05) is 6.07 Å². The molecule has 0 heterocycles. The number of halogens is 2. The number of fused-ring (bicyclic) bond motifs is 3. The van der Waals surface area contributed by atoms with Gasteiger partial charge in [0.15, 0.2) is 0 Å². The first-order chi connectivity index (χ1) is 8.01. The van der Waals surface area contributed by atoms with E-state index in [1.165, 1.54) is 22.3 Å². The Kier molecular flexibility index (Phi) is 2.39. The van der Waals surface area contributed by atoms with Gasteiger partial charge in [-0.25, -0.2) is 0 Å². The lowest BCUT2D eigenvalue weighted by atomic mass is 9.82. The van der Waals surface area contributed by atoms with E-state index < -0.39 is 0 Å². The van der Waals surface area contributed by atoms with Crippen LogP contribution in [0.2, 0.25) is 5.02 Å². The van der Waals surface area contributed by atoms with Crippen LogP contribution >= 0.6 is 27.5 Å². The van der Waals surface area contributed by atoms with Crippen molar-refractivity contribution in [3.63, 3.8) is 0 Å². The molecule has 0 N–H and O–H groups in total. The quantitative estimate of drug-likeness (QED) is 0.610. The van der Waals surface area contributed by atoms with Gasteiger partial charge in [0.05, 0.1) is 0 Å². The van der Waals surface area contributed by atoms with Gasteiger partial charge in [0.1, 0.15) is 0 Å². The maximum atomic E-state index is 6.40. The van der Waals surface area contributed by atoms with E-state index in [2.05, 4.69) is 60.1 Å². The fraction of sp³-hybridized carbons (Fsp3) is 0.200. The molecular formula is C15H12BrCl. The summed E-state index contributed by atoms with van der Waals surface area (Å²) < 4.78 is 1.04. The molecule has 0 atom stereocenters. The van der Waals surface area contributed by atoms with Crippen molar-refractivity contribution in [1.82, 2.24) is 0 Å². The zero-order valence-electron chi connectivity index (χ0n) is 9.72. The minimum Gasteiger partial charge on any atom is -0.0836 e. The summed E-state index contributed by atoms with van der Waals surface area (Å²) in [6.45, 7) is 4.50. The smallest absolute Gasteiger partial charge is 0.0498 e.